The number of aromatic nitrogens is 1. The molecule has 162 valence electrons. The summed E-state index contributed by atoms with van der Waals surface area (Å²) in [5, 5.41) is 8.46. The fraction of sp³-hybridized carbons (Fsp3) is 0.259. The van der Waals surface area contributed by atoms with Crippen molar-refractivity contribution in [2.75, 3.05) is 0 Å². The predicted octanol–water partition coefficient (Wildman–Crippen LogP) is 6.20. The first-order valence-corrected chi connectivity index (χ1v) is 11.1. The van der Waals surface area contributed by atoms with Crippen molar-refractivity contribution in [3.63, 3.8) is 0 Å². The molecule has 0 spiro atoms. The quantitative estimate of drug-likeness (QED) is 0.382. The zero-order valence-electron chi connectivity index (χ0n) is 18.7. The van der Waals surface area contributed by atoms with Gasteiger partial charge in [-0.1, -0.05) is 74.5 Å². The fourth-order valence-electron chi connectivity index (χ4n) is 4.43. The minimum absolute atomic E-state index is 0.130. The highest BCUT2D eigenvalue weighted by Gasteiger charge is 2.32. The van der Waals surface area contributed by atoms with Crippen LogP contribution >= 0.6 is 0 Å². The van der Waals surface area contributed by atoms with Crippen LogP contribution < -0.4 is 0 Å². The highest BCUT2D eigenvalue weighted by atomic mass is 16.5. The summed E-state index contributed by atoms with van der Waals surface area (Å²) in [6.07, 6.45) is 0.0920. The van der Waals surface area contributed by atoms with E-state index in [1.807, 2.05) is 12.1 Å². The lowest BCUT2D eigenvalue weighted by Crippen LogP contribution is -2.25. The number of hydrogen-bond acceptors (Lipinski definition) is 3. The van der Waals surface area contributed by atoms with Crippen LogP contribution in [0.1, 0.15) is 50.5 Å². The van der Waals surface area contributed by atoms with Crippen LogP contribution in [0, 0.1) is 0 Å². The molecule has 0 unspecified atom stereocenters. The second kappa shape index (κ2) is 8.15. The van der Waals surface area contributed by atoms with Gasteiger partial charge in [-0.3, -0.25) is 4.79 Å². The molecule has 1 aliphatic rings. The van der Waals surface area contributed by atoms with Crippen molar-refractivity contribution >= 4 is 33.6 Å². The molecule has 3 aromatic carbocycles. The molecular formula is C27H27N3O2. The van der Waals surface area contributed by atoms with Gasteiger partial charge in [0.2, 0.25) is 18.0 Å². The second-order valence-electron chi connectivity index (χ2n) is 8.58. The number of rotatable bonds is 5. The van der Waals surface area contributed by atoms with Crippen molar-refractivity contribution in [3.8, 4) is 0 Å². The van der Waals surface area contributed by atoms with Crippen LogP contribution in [0.25, 0.3) is 21.8 Å². The maximum absolute atomic E-state index is 12.3. The van der Waals surface area contributed by atoms with Crippen molar-refractivity contribution in [1.82, 2.24) is 9.58 Å². The van der Waals surface area contributed by atoms with Gasteiger partial charge < -0.3 is 9.30 Å². The smallest absolute Gasteiger partial charge is 0.243 e. The number of aryl methyl sites for hydroxylation is 1. The molecule has 0 saturated carbocycles. The Labute approximate surface area is 187 Å². The Kier molecular flexibility index (Phi) is 5.17. The highest BCUT2D eigenvalue weighted by Crippen LogP contribution is 2.32. The molecule has 5 rings (SSSR count). The molecule has 32 heavy (non-hydrogen) atoms. The molecule has 0 radical (unpaired) electrons. The van der Waals surface area contributed by atoms with Gasteiger partial charge in [-0.05, 0) is 23.6 Å². The normalized spacial score (nSPS) is 16.1. The molecular weight excluding hydrogens is 398 g/mol. The third-order valence-corrected chi connectivity index (χ3v) is 6.13. The van der Waals surface area contributed by atoms with Gasteiger partial charge in [-0.15, -0.1) is 5.10 Å². The van der Waals surface area contributed by atoms with Crippen LogP contribution in [0.5, 0.6) is 0 Å². The van der Waals surface area contributed by atoms with Gasteiger partial charge in [0.25, 0.3) is 0 Å². The molecule has 5 heteroatoms. The topological polar surface area (TPSA) is 46.8 Å². The lowest BCUT2D eigenvalue weighted by molar-refractivity contribution is -0.135. The average molecular weight is 426 g/mol. The van der Waals surface area contributed by atoms with Crippen LogP contribution in [0.2, 0.25) is 0 Å². The van der Waals surface area contributed by atoms with Gasteiger partial charge in [0.1, 0.15) is 0 Å². The van der Waals surface area contributed by atoms with E-state index in [0.717, 1.165) is 12.1 Å². The first-order valence-electron chi connectivity index (χ1n) is 11.1. The number of para-hydroxylation sites is 2. The minimum Gasteiger partial charge on any atom is -0.449 e. The third-order valence-electron chi connectivity index (χ3n) is 6.13. The number of nitrogens with zero attached hydrogens (tertiary/aromatic N) is 3. The number of hydrogen-bond donors (Lipinski definition) is 0. The molecule has 1 amide bonds. The van der Waals surface area contributed by atoms with Crippen molar-refractivity contribution in [2.24, 2.45) is 5.10 Å². The van der Waals surface area contributed by atoms with Crippen LogP contribution in [-0.4, -0.2) is 21.4 Å². The van der Waals surface area contributed by atoms with Gasteiger partial charge >= 0.3 is 0 Å². The van der Waals surface area contributed by atoms with E-state index < -0.39 is 6.23 Å². The monoisotopic (exact) mass is 425 g/mol. The average Bonchev–Trinajstić information content (AvgIpc) is 3.37. The van der Waals surface area contributed by atoms with Gasteiger partial charge in [0, 0.05) is 47.3 Å². The maximum Gasteiger partial charge on any atom is 0.243 e. The Morgan fingerprint density at radius 2 is 1.53 bits per heavy atom. The van der Waals surface area contributed by atoms with Crippen molar-refractivity contribution in [1.29, 1.82) is 0 Å². The summed E-state index contributed by atoms with van der Waals surface area (Å²) in [5.41, 5.74) is 4.57. The summed E-state index contributed by atoms with van der Waals surface area (Å²) >= 11 is 0. The molecule has 2 heterocycles. The summed E-state index contributed by atoms with van der Waals surface area (Å²) in [6.45, 7) is 6.58. The number of carbonyl (C=O) groups is 1. The zero-order chi connectivity index (χ0) is 22.2. The molecule has 5 nitrogen and oxygen atoms in total. The Hall–Kier alpha value is -3.60. The van der Waals surface area contributed by atoms with E-state index in [4.69, 9.17) is 4.74 Å². The summed E-state index contributed by atoms with van der Waals surface area (Å²) in [6, 6.07) is 25.1. The predicted molar refractivity (Wildman–Crippen MR) is 128 cm³/mol. The molecule has 1 aliphatic heterocycles. The summed E-state index contributed by atoms with van der Waals surface area (Å²) in [5.74, 6) is 0.908. The maximum atomic E-state index is 12.3. The van der Waals surface area contributed by atoms with Crippen molar-refractivity contribution < 1.29 is 9.53 Å². The zero-order valence-corrected chi connectivity index (χ0v) is 18.7. The lowest BCUT2D eigenvalue weighted by Gasteiger charge is -2.20. The van der Waals surface area contributed by atoms with Crippen molar-refractivity contribution in [3.05, 3.63) is 83.9 Å². The van der Waals surface area contributed by atoms with E-state index in [1.165, 1.54) is 39.3 Å². The Morgan fingerprint density at radius 3 is 2.09 bits per heavy atom. The SMILES string of the molecule is CC(=O)N1N=C(CCn2c3ccccc3c3ccccc32)O[C@H]1c1ccc(C(C)C)cc1. The summed E-state index contributed by atoms with van der Waals surface area (Å²) in [4.78, 5) is 12.3. The number of benzene rings is 3. The van der Waals surface area contributed by atoms with E-state index in [2.05, 4.69) is 84.2 Å². The standard InChI is InChI=1S/C27H27N3O2/c1-18(2)20-12-14-21(15-13-20)27-30(19(3)31)28-26(32-27)16-17-29-24-10-6-4-8-22(24)23-9-5-7-11-25(23)29/h4-15,18,27H,16-17H2,1-3H3/t27-/m0/s1. The number of fused-ring (bicyclic) bond motifs is 3. The molecule has 0 bridgehead atoms. The number of carbonyl (C=O) groups excluding carboxylic acids is 1. The molecule has 0 aliphatic carbocycles. The Morgan fingerprint density at radius 1 is 0.938 bits per heavy atom. The largest absolute Gasteiger partial charge is 0.449 e. The van der Waals surface area contributed by atoms with E-state index in [1.54, 1.807) is 0 Å². The lowest BCUT2D eigenvalue weighted by atomic mass is 10.0. The third kappa shape index (κ3) is 3.54. The highest BCUT2D eigenvalue weighted by molar-refractivity contribution is 6.08. The van der Waals surface area contributed by atoms with E-state index in [-0.39, 0.29) is 5.91 Å². The molecule has 1 aromatic heterocycles. The fourth-order valence-corrected chi connectivity index (χ4v) is 4.43. The summed E-state index contributed by atoms with van der Waals surface area (Å²) in [7, 11) is 0. The van der Waals surface area contributed by atoms with Crippen LogP contribution in [0.15, 0.2) is 77.9 Å². The second-order valence-corrected chi connectivity index (χ2v) is 8.58. The first kappa shape index (κ1) is 20.3. The molecule has 0 fully saturated rings. The van der Waals surface area contributed by atoms with Gasteiger partial charge in [0.05, 0.1) is 0 Å². The minimum atomic E-state index is -0.512. The molecule has 0 saturated heterocycles. The summed E-state index contributed by atoms with van der Waals surface area (Å²) < 4.78 is 8.49. The van der Waals surface area contributed by atoms with Crippen molar-refractivity contribution in [2.45, 2.75) is 45.9 Å². The van der Waals surface area contributed by atoms with Gasteiger partial charge in [0.15, 0.2) is 0 Å². The van der Waals surface area contributed by atoms with Gasteiger partial charge in [-0.25, -0.2) is 0 Å². The van der Waals surface area contributed by atoms with Crippen LogP contribution in [0.3, 0.4) is 0 Å². The van der Waals surface area contributed by atoms with Crippen LogP contribution in [0.4, 0.5) is 0 Å². The van der Waals surface area contributed by atoms with E-state index >= 15 is 0 Å². The number of amides is 1. The van der Waals surface area contributed by atoms with Gasteiger partial charge in [-0.2, -0.15) is 5.01 Å². The number of hydrazone groups is 1. The Bertz CT molecular complexity index is 1260. The van der Waals surface area contributed by atoms with Crippen LogP contribution in [-0.2, 0) is 16.1 Å². The molecule has 1 atom stereocenters. The first-order chi connectivity index (χ1) is 15.5. The molecule has 4 aromatic rings. The van der Waals surface area contributed by atoms with E-state index in [0.29, 0.717) is 18.2 Å². The Balaban J connectivity index is 1.40. The van der Waals surface area contributed by atoms with E-state index in [9.17, 15) is 4.79 Å². The number of ether oxygens (including phenoxy) is 1. The molecule has 0 N–H and O–H groups in total.